The van der Waals surface area contributed by atoms with E-state index < -0.39 is 30.2 Å². The van der Waals surface area contributed by atoms with Crippen molar-refractivity contribution in [3.05, 3.63) is 35.4 Å². The minimum atomic E-state index is -5.83. The molecule has 0 spiro atoms. The van der Waals surface area contributed by atoms with Crippen LogP contribution >= 0.6 is 0 Å². The van der Waals surface area contributed by atoms with E-state index in [1.807, 2.05) is 0 Å². The smallest absolute Gasteiger partial charge is 0.458 e. The number of nitrogens with zero attached hydrogens (tertiary/aromatic N) is 3. The molecule has 0 radical (unpaired) electrons. The highest BCUT2D eigenvalue weighted by Crippen LogP contribution is 2.46. The molecule has 0 aromatic heterocycles. The van der Waals surface area contributed by atoms with Crippen molar-refractivity contribution in [3.63, 3.8) is 0 Å². The standard InChI is InChI=1S/C17H12F7N3O/c18-15(19)13-7-11(27-5-1-2-14(27)26-8-25)10-6-9(3-4-12(10)28-13)16(20,21)17(22,23)24/h3-4,6-7,13,15H,1-2,5H2. The van der Waals surface area contributed by atoms with Crippen LogP contribution in [-0.4, -0.2) is 36.0 Å². The van der Waals surface area contributed by atoms with Crippen LogP contribution in [0.4, 0.5) is 30.7 Å². The highest BCUT2D eigenvalue weighted by Gasteiger charge is 2.59. The molecule has 0 N–H and O–H groups in total. The maximum Gasteiger partial charge on any atom is 0.458 e. The maximum absolute atomic E-state index is 13.8. The molecule has 150 valence electrons. The van der Waals surface area contributed by atoms with Gasteiger partial charge in [-0.2, -0.15) is 32.2 Å². The predicted octanol–water partition coefficient (Wildman–Crippen LogP) is 4.68. The van der Waals surface area contributed by atoms with Crippen molar-refractivity contribution >= 4 is 11.5 Å². The first-order valence-corrected chi connectivity index (χ1v) is 8.05. The van der Waals surface area contributed by atoms with E-state index in [1.165, 1.54) is 4.90 Å². The quantitative estimate of drug-likeness (QED) is 0.540. The van der Waals surface area contributed by atoms with Crippen LogP contribution in [0, 0.1) is 11.5 Å². The van der Waals surface area contributed by atoms with Crippen LogP contribution in [-0.2, 0) is 5.92 Å². The summed E-state index contributed by atoms with van der Waals surface area (Å²) in [6.45, 7) is 0.238. The van der Waals surface area contributed by atoms with Crippen LogP contribution in [0.25, 0.3) is 5.70 Å². The third-order valence-corrected chi connectivity index (χ3v) is 4.37. The van der Waals surface area contributed by atoms with Crippen molar-refractivity contribution in [1.82, 2.24) is 4.90 Å². The van der Waals surface area contributed by atoms with Crippen molar-refractivity contribution in [2.75, 3.05) is 6.54 Å². The minimum Gasteiger partial charge on any atom is -0.480 e. The molecule has 28 heavy (non-hydrogen) atoms. The summed E-state index contributed by atoms with van der Waals surface area (Å²) in [6, 6.07) is 1.87. The molecule has 1 aromatic rings. The molecule has 0 aliphatic carbocycles. The summed E-state index contributed by atoms with van der Waals surface area (Å²) in [5, 5.41) is 8.77. The van der Waals surface area contributed by atoms with Crippen molar-refractivity contribution in [2.24, 2.45) is 4.99 Å². The molecule has 11 heteroatoms. The summed E-state index contributed by atoms with van der Waals surface area (Å²) in [7, 11) is 0. The average molecular weight is 407 g/mol. The molecule has 2 aliphatic heterocycles. The molecule has 0 bridgehead atoms. The fourth-order valence-electron chi connectivity index (χ4n) is 3.07. The number of nitriles is 1. The second kappa shape index (κ2) is 7.00. The highest BCUT2D eigenvalue weighted by atomic mass is 19.4. The Morgan fingerprint density at radius 3 is 2.54 bits per heavy atom. The fraction of sp³-hybridized carbons (Fsp3) is 0.412. The van der Waals surface area contributed by atoms with Crippen LogP contribution in [0.15, 0.2) is 29.3 Å². The van der Waals surface area contributed by atoms with E-state index in [4.69, 9.17) is 10.00 Å². The molecular weight excluding hydrogens is 395 g/mol. The first-order valence-electron chi connectivity index (χ1n) is 8.05. The lowest BCUT2D eigenvalue weighted by atomic mass is 9.98. The van der Waals surface area contributed by atoms with Gasteiger partial charge in [0.05, 0.1) is 5.70 Å². The zero-order chi connectivity index (χ0) is 20.7. The van der Waals surface area contributed by atoms with Crippen LogP contribution in [0.5, 0.6) is 5.75 Å². The van der Waals surface area contributed by atoms with Gasteiger partial charge in [0.1, 0.15) is 11.6 Å². The topological polar surface area (TPSA) is 48.6 Å². The van der Waals surface area contributed by atoms with E-state index in [-0.39, 0.29) is 29.4 Å². The highest BCUT2D eigenvalue weighted by molar-refractivity contribution is 5.94. The predicted molar refractivity (Wildman–Crippen MR) is 83.8 cm³/mol. The summed E-state index contributed by atoms with van der Waals surface area (Å²) in [5.41, 5.74) is -1.59. The lowest BCUT2D eigenvalue weighted by Gasteiger charge is -2.31. The van der Waals surface area contributed by atoms with Gasteiger partial charge < -0.3 is 9.64 Å². The number of benzene rings is 1. The lowest BCUT2D eigenvalue weighted by Crippen LogP contribution is -2.35. The first-order chi connectivity index (χ1) is 13.1. The van der Waals surface area contributed by atoms with E-state index in [2.05, 4.69) is 4.99 Å². The molecule has 1 atom stereocenters. The van der Waals surface area contributed by atoms with Crippen molar-refractivity contribution < 1.29 is 35.5 Å². The van der Waals surface area contributed by atoms with Crippen LogP contribution in [0.1, 0.15) is 24.0 Å². The zero-order valence-corrected chi connectivity index (χ0v) is 14.0. The van der Waals surface area contributed by atoms with Crippen molar-refractivity contribution in [3.8, 4) is 11.9 Å². The van der Waals surface area contributed by atoms with Crippen LogP contribution in [0.2, 0.25) is 0 Å². The Balaban J connectivity index is 2.13. The molecule has 1 aromatic carbocycles. The Labute approximate surface area is 154 Å². The van der Waals surface area contributed by atoms with Crippen LogP contribution < -0.4 is 4.74 Å². The number of hydrogen-bond donors (Lipinski definition) is 0. The number of alkyl halides is 7. The van der Waals surface area contributed by atoms with Gasteiger partial charge in [-0.05, 0) is 30.7 Å². The van der Waals surface area contributed by atoms with Gasteiger partial charge in [-0.1, -0.05) is 0 Å². The first kappa shape index (κ1) is 20.0. The molecular formula is C17H12F7N3O. The SMILES string of the molecule is N#CN=C1CCCN1C1=CC(C(F)F)Oc2ccc(C(F)(F)C(F)(F)F)cc21. The van der Waals surface area contributed by atoms with E-state index in [0.29, 0.717) is 25.0 Å². The molecule has 1 saturated heterocycles. The fourth-order valence-corrected chi connectivity index (χ4v) is 3.07. The Bertz CT molecular complexity index is 870. The minimum absolute atomic E-state index is 0.0436. The number of halogens is 7. The van der Waals surface area contributed by atoms with Crippen molar-refractivity contribution in [1.29, 1.82) is 5.26 Å². The largest absolute Gasteiger partial charge is 0.480 e. The normalized spacial score (nSPS) is 21.4. The van der Waals surface area contributed by atoms with Gasteiger partial charge in [-0.25, -0.2) is 8.78 Å². The monoisotopic (exact) mass is 407 g/mol. The van der Waals surface area contributed by atoms with Gasteiger partial charge in [0, 0.05) is 24.1 Å². The number of likely N-dealkylation sites (tertiary alicyclic amines) is 1. The second-order valence-corrected chi connectivity index (χ2v) is 6.14. The number of fused-ring (bicyclic) bond motifs is 1. The second-order valence-electron chi connectivity index (χ2n) is 6.14. The van der Waals surface area contributed by atoms with Crippen molar-refractivity contribution in [2.45, 2.75) is 37.5 Å². The van der Waals surface area contributed by atoms with E-state index in [0.717, 1.165) is 12.1 Å². The molecule has 4 nitrogen and oxygen atoms in total. The molecule has 2 aliphatic rings. The third kappa shape index (κ3) is 3.39. The molecule has 1 fully saturated rings. The Hall–Kier alpha value is -2.77. The number of amidine groups is 1. The number of hydrogen-bond acceptors (Lipinski definition) is 3. The van der Waals surface area contributed by atoms with Gasteiger partial charge in [-0.3, -0.25) is 0 Å². The number of aliphatic imine (C=N–C) groups is 1. The van der Waals surface area contributed by atoms with Gasteiger partial charge in [0.15, 0.2) is 6.10 Å². The van der Waals surface area contributed by atoms with Gasteiger partial charge in [0.2, 0.25) is 6.19 Å². The Kier molecular flexibility index (Phi) is 4.99. The summed E-state index contributed by atoms with van der Waals surface area (Å²) in [5.74, 6) is -5.18. The summed E-state index contributed by atoms with van der Waals surface area (Å²) >= 11 is 0. The molecule has 0 saturated carbocycles. The van der Waals surface area contributed by atoms with Gasteiger partial charge in [0.25, 0.3) is 6.43 Å². The summed E-state index contributed by atoms with van der Waals surface area (Å²) in [6.07, 6.45) is -7.16. The Morgan fingerprint density at radius 1 is 1.21 bits per heavy atom. The molecule has 1 unspecified atom stereocenters. The summed E-state index contributed by atoms with van der Waals surface area (Å²) < 4.78 is 97.1. The maximum atomic E-state index is 13.8. The third-order valence-electron chi connectivity index (χ3n) is 4.37. The zero-order valence-electron chi connectivity index (χ0n) is 14.0. The van der Waals surface area contributed by atoms with E-state index >= 15 is 0 Å². The number of ether oxygens (including phenoxy) is 1. The van der Waals surface area contributed by atoms with Gasteiger partial charge >= 0.3 is 12.1 Å². The molecule has 3 rings (SSSR count). The van der Waals surface area contributed by atoms with Gasteiger partial charge in [-0.15, -0.1) is 0 Å². The average Bonchev–Trinajstić information content (AvgIpc) is 3.07. The summed E-state index contributed by atoms with van der Waals surface area (Å²) in [4.78, 5) is 4.94. The van der Waals surface area contributed by atoms with Crippen LogP contribution in [0.3, 0.4) is 0 Å². The molecule has 2 heterocycles. The Morgan fingerprint density at radius 2 is 1.93 bits per heavy atom. The van der Waals surface area contributed by atoms with E-state index in [1.54, 1.807) is 6.19 Å². The lowest BCUT2D eigenvalue weighted by molar-refractivity contribution is -0.289. The molecule has 0 amide bonds. The van der Waals surface area contributed by atoms with E-state index in [9.17, 15) is 30.7 Å². The number of rotatable bonds is 3.